The summed E-state index contributed by atoms with van der Waals surface area (Å²) in [4.78, 5) is 21.1. The van der Waals surface area contributed by atoms with Gasteiger partial charge in [0.05, 0.1) is 9.95 Å². The number of rotatable bonds is 5. The fourth-order valence-electron chi connectivity index (χ4n) is 1.77. The van der Waals surface area contributed by atoms with E-state index in [1.54, 1.807) is 0 Å². The number of benzene rings is 2. The molecule has 2 aromatic carbocycles. The van der Waals surface area contributed by atoms with Crippen LogP contribution in [-0.2, 0) is 6.54 Å². The SMILES string of the molecule is O=Cc1ccc(NCc2ccc(F)c(Cl)c2)c([N+](=O)[O-])c1. The molecule has 0 radical (unpaired) electrons. The molecule has 0 atom stereocenters. The second kappa shape index (κ2) is 6.32. The zero-order valence-corrected chi connectivity index (χ0v) is 11.4. The molecule has 0 unspecified atom stereocenters. The van der Waals surface area contributed by atoms with E-state index in [-0.39, 0.29) is 28.5 Å². The number of anilines is 1. The van der Waals surface area contributed by atoms with Gasteiger partial charge in [-0.1, -0.05) is 17.7 Å². The van der Waals surface area contributed by atoms with Crippen LogP contribution in [0.15, 0.2) is 36.4 Å². The summed E-state index contributed by atoms with van der Waals surface area (Å²) in [6.07, 6.45) is 0.538. The lowest BCUT2D eigenvalue weighted by Gasteiger charge is -2.08. The third-order valence-corrected chi connectivity index (χ3v) is 3.11. The maximum Gasteiger partial charge on any atom is 0.293 e. The largest absolute Gasteiger partial charge is 0.375 e. The summed E-state index contributed by atoms with van der Waals surface area (Å²) >= 11 is 5.67. The first-order valence-corrected chi connectivity index (χ1v) is 6.30. The summed E-state index contributed by atoms with van der Waals surface area (Å²) in [7, 11) is 0. The first-order chi connectivity index (χ1) is 10.0. The number of nitro groups is 1. The van der Waals surface area contributed by atoms with Gasteiger partial charge in [0.15, 0.2) is 0 Å². The molecule has 0 aliphatic rings. The molecule has 21 heavy (non-hydrogen) atoms. The predicted molar refractivity (Wildman–Crippen MR) is 77.2 cm³/mol. The molecule has 0 fully saturated rings. The number of aldehydes is 1. The van der Waals surface area contributed by atoms with Crippen molar-refractivity contribution in [3.8, 4) is 0 Å². The van der Waals surface area contributed by atoms with E-state index >= 15 is 0 Å². The average molecular weight is 309 g/mol. The molecule has 0 aliphatic heterocycles. The number of nitrogens with zero attached hydrogens (tertiary/aromatic N) is 1. The van der Waals surface area contributed by atoms with E-state index in [9.17, 15) is 19.3 Å². The molecule has 0 amide bonds. The van der Waals surface area contributed by atoms with E-state index < -0.39 is 10.7 Å². The van der Waals surface area contributed by atoms with Gasteiger partial charge in [-0.2, -0.15) is 0 Å². The maximum absolute atomic E-state index is 13.0. The van der Waals surface area contributed by atoms with Crippen LogP contribution >= 0.6 is 11.6 Å². The number of hydrogen-bond donors (Lipinski definition) is 1. The Morgan fingerprint density at radius 2 is 2.05 bits per heavy atom. The van der Waals surface area contributed by atoms with Crippen molar-refractivity contribution in [1.82, 2.24) is 0 Å². The molecular formula is C14H10ClFN2O3. The monoisotopic (exact) mass is 308 g/mol. The number of carbonyl (C=O) groups is 1. The lowest BCUT2D eigenvalue weighted by molar-refractivity contribution is -0.384. The fraction of sp³-hybridized carbons (Fsp3) is 0.0714. The van der Waals surface area contributed by atoms with Crippen molar-refractivity contribution in [1.29, 1.82) is 0 Å². The molecule has 0 bridgehead atoms. The fourth-order valence-corrected chi connectivity index (χ4v) is 1.97. The van der Waals surface area contributed by atoms with E-state index in [2.05, 4.69) is 5.32 Å². The lowest BCUT2D eigenvalue weighted by Crippen LogP contribution is -2.03. The zero-order chi connectivity index (χ0) is 15.4. The molecule has 5 nitrogen and oxygen atoms in total. The number of nitrogens with one attached hydrogen (secondary N) is 1. The highest BCUT2D eigenvalue weighted by Gasteiger charge is 2.14. The third-order valence-electron chi connectivity index (χ3n) is 2.82. The Morgan fingerprint density at radius 1 is 1.29 bits per heavy atom. The van der Waals surface area contributed by atoms with E-state index in [4.69, 9.17) is 11.6 Å². The molecule has 1 N–H and O–H groups in total. The minimum Gasteiger partial charge on any atom is -0.375 e. The number of nitro benzene ring substituents is 1. The molecule has 0 aromatic heterocycles. The van der Waals surface area contributed by atoms with E-state index in [1.165, 1.54) is 36.4 Å². The average Bonchev–Trinajstić information content (AvgIpc) is 2.48. The van der Waals surface area contributed by atoms with Gasteiger partial charge in [0.2, 0.25) is 0 Å². The summed E-state index contributed by atoms with van der Waals surface area (Å²) in [6.45, 7) is 0.237. The number of carbonyl (C=O) groups excluding carboxylic acids is 1. The number of halogens is 2. The first kappa shape index (κ1) is 14.9. The van der Waals surface area contributed by atoms with Crippen LogP contribution in [0.4, 0.5) is 15.8 Å². The molecular weight excluding hydrogens is 299 g/mol. The van der Waals surface area contributed by atoms with Crippen LogP contribution in [-0.4, -0.2) is 11.2 Å². The smallest absolute Gasteiger partial charge is 0.293 e. The van der Waals surface area contributed by atoms with Gasteiger partial charge in [-0.15, -0.1) is 0 Å². The highest BCUT2D eigenvalue weighted by Crippen LogP contribution is 2.26. The Balaban J connectivity index is 2.21. The third kappa shape index (κ3) is 3.55. The van der Waals surface area contributed by atoms with Gasteiger partial charge in [0.25, 0.3) is 5.69 Å². The van der Waals surface area contributed by atoms with E-state index in [0.29, 0.717) is 11.8 Å². The molecule has 0 saturated carbocycles. The Morgan fingerprint density at radius 3 is 2.67 bits per heavy atom. The quantitative estimate of drug-likeness (QED) is 0.518. The van der Waals surface area contributed by atoms with Crippen LogP contribution in [0.25, 0.3) is 0 Å². The molecule has 0 spiro atoms. The van der Waals surface area contributed by atoms with Gasteiger partial charge in [0, 0.05) is 18.2 Å². The van der Waals surface area contributed by atoms with Crippen molar-refractivity contribution in [2.45, 2.75) is 6.54 Å². The molecule has 7 heteroatoms. The molecule has 0 heterocycles. The summed E-state index contributed by atoms with van der Waals surface area (Å²) in [5.74, 6) is -0.526. The van der Waals surface area contributed by atoms with Gasteiger partial charge in [-0.25, -0.2) is 4.39 Å². The summed E-state index contributed by atoms with van der Waals surface area (Å²) in [5.41, 5.74) is 0.964. The van der Waals surface area contributed by atoms with Crippen molar-refractivity contribution in [3.05, 3.63) is 68.5 Å². The van der Waals surface area contributed by atoms with Crippen LogP contribution in [0, 0.1) is 15.9 Å². The maximum atomic E-state index is 13.0. The topological polar surface area (TPSA) is 72.2 Å². The van der Waals surface area contributed by atoms with E-state index in [1.807, 2.05) is 0 Å². The molecule has 2 rings (SSSR count). The second-order valence-corrected chi connectivity index (χ2v) is 4.66. The van der Waals surface area contributed by atoms with Crippen molar-refractivity contribution in [2.24, 2.45) is 0 Å². The second-order valence-electron chi connectivity index (χ2n) is 4.25. The van der Waals surface area contributed by atoms with Gasteiger partial charge in [-0.3, -0.25) is 14.9 Å². The summed E-state index contributed by atoms with van der Waals surface area (Å²) < 4.78 is 13.0. The highest BCUT2D eigenvalue weighted by atomic mass is 35.5. The number of hydrogen-bond acceptors (Lipinski definition) is 4. The Kier molecular flexibility index (Phi) is 4.49. The summed E-state index contributed by atoms with van der Waals surface area (Å²) in [5, 5.41) is 13.8. The van der Waals surface area contributed by atoms with Crippen LogP contribution in [0.2, 0.25) is 5.02 Å². The molecule has 0 aliphatic carbocycles. The molecule has 0 saturated heterocycles. The minimum absolute atomic E-state index is 0.0138. The van der Waals surface area contributed by atoms with Crippen molar-refractivity contribution in [3.63, 3.8) is 0 Å². The zero-order valence-electron chi connectivity index (χ0n) is 10.7. The first-order valence-electron chi connectivity index (χ1n) is 5.92. The Bertz CT molecular complexity index is 707. The van der Waals surface area contributed by atoms with Crippen molar-refractivity contribution < 1.29 is 14.1 Å². The van der Waals surface area contributed by atoms with Crippen LogP contribution in [0.1, 0.15) is 15.9 Å². The van der Waals surface area contributed by atoms with Crippen LogP contribution < -0.4 is 5.32 Å². The normalized spacial score (nSPS) is 10.2. The minimum atomic E-state index is -0.576. The van der Waals surface area contributed by atoms with Gasteiger partial charge in [-0.05, 0) is 29.8 Å². The predicted octanol–water partition coefficient (Wildman–Crippen LogP) is 3.81. The van der Waals surface area contributed by atoms with Crippen LogP contribution in [0.3, 0.4) is 0 Å². The van der Waals surface area contributed by atoms with Gasteiger partial charge < -0.3 is 5.32 Å². The molecule has 2 aromatic rings. The molecule has 108 valence electrons. The Hall–Kier alpha value is -2.47. The standard InChI is InChI=1S/C14H10ClFN2O3/c15-11-5-9(1-3-12(11)16)7-17-13-4-2-10(8-19)6-14(13)18(20)21/h1-6,8,17H,7H2. The van der Waals surface area contributed by atoms with Crippen LogP contribution in [0.5, 0.6) is 0 Å². The van der Waals surface area contributed by atoms with Crippen molar-refractivity contribution in [2.75, 3.05) is 5.32 Å². The van der Waals surface area contributed by atoms with Crippen molar-refractivity contribution >= 4 is 29.3 Å². The Labute approximate surface area is 124 Å². The summed E-state index contributed by atoms with van der Waals surface area (Å²) in [6, 6.07) is 8.30. The van der Waals surface area contributed by atoms with Gasteiger partial charge in [0.1, 0.15) is 17.8 Å². The highest BCUT2D eigenvalue weighted by molar-refractivity contribution is 6.30. The van der Waals surface area contributed by atoms with E-state index in [0.717, 1.165) is 0 Å². The lowest BCUT2D eigenvalue weighted by atomic mass is 10.1. The van der Waals surface area contributed by atoms with Gasteiger partial charge >= 0.3 is 0 Å².